The van der Waals surface area contributed by atoms with Crippen molar-refractivity contribution >= 4 is 16.7 Å². The first-order chi connectivity index (χ1) is 12.6. The molecule has 3 rings (SSSR count). The van der Waals surface area contributed by atoms with Gasteiger partial charge in [0.25, 0.3) is 5.91 Å². The van der Waals surface area contributed by atoms with Crippen LogP contribution in [0.3, 0.4) is 0 Å². The number of rotatable bonds is 6. The molecule has 0 aromatic heterocycles. The van der Waals surface area contributed by atoms with E-state index < -0.39 is 10.8 Å². The van der Waals surface area contributed by atoms with E-state index in [9.17, 15) is 9.00 Å². The Morgan fingerprint density at radius 2 is 1.77 bits per heavy atom. The summed E-state index contributed by atoms with van der Waals surface area (Å²) in [7, 11) is -0.909. The minimum absolute atomic E-state index is 0.0394. The van der Waals surface area contributed by atoms with Gasteiger partial charge >= 0.3 is 0 Å². The summed E-state index contributed by atoms with van der Waals surface area (Å²) in [5, 5.41) is 3.17. The van der Waals surface area contributed by atoms with E-state index in [0.717, 1.165) is 18.4 Å². The smallest absolute Gasteiger partial charge is 0.251 e. The number of carbonyl (C=O) groups is 1. The molecular formula is C22H27NO2S. The van der Waals surface area contributed by atoms with Crippen LogP contribution >= 0.6 is 0 Å². The van der Waals surface area contributed by atoms with Gasteiger partial charge in [0.05, 0.1) is 0 Å². The van der Waals surface area contributed by atoms with E-state index in [1.165, 1.54) is 24.8 Å². The Hall–Kier alpha value is -1.94. The molecule has 3 nitrogen and oxygen atoms in total. The topological polar surface area (TPSA) is 46.2 Å². The maximum absolute atomic E-state index is 12.7. The van der Waals surface area contributed by atoms with Crippen molar-refractivity contribution in [3.05, 3.63) is 71.3 Å². The zero-order valence-electron chi connectivity index (χ0n) is 15.4. The van der Waals surface area contributed by atoms with E-state index >= 15 is 0 Å². The number of hydrogen-bond acceptors (Lipinski definition) is 2. The number of benzene rings is 2. The van der Waals surface area contributed by atoms with Crippen molar-refractivity contribution in [1.29, 1.82) is 0 Å². The highest BCUT2D eigenvalue weighted by Gasteiger charge is 2.34. The fraction of sp³-hybridized carbons (Fsp3) is 0.409. The van der Waals surface area contributed by atoms with Crippen molar-refractivity contribution in [3.63, 3.8) is 0 Å². The molecule has 1 aliphatic rings. The molecule has 0 radical (unpaired) electrons. The van der Waals surface area contributed by atoms with E-state index in [2.05, 4.69) is 29.6 Å². The summed E-state index contributed by atoms with van der Waals surface area (Å²) in [5.41, 5.74) is 2.95. The van der Waals surface area contributed by atoms with Gasteiger partial charge in [-0.25, -0.2) is 0 Å². The molecule has 1 amide bonds. The standard InChI is InChI=1S/C22H27NO2S/c1-26(25)16-18-9-8-10-19(15-18)21(24)23-17-22(13-6-3-7-14-22)20-11-4-2-5-12-20/h2,4-5,8-12,15H,3,6-7,13-14,16-17H2,1H3,(H,23,24). The predicted molar refractivity (Wildman–Crippen MR) is 108 cm³/mol. The molecule has 26 heavy (non-hydrogen) atoms. The normalized spacial score (nSPS) is 17.4. The molecule has 1 N–H and O–H groups in total. The molecule has 1 unspecified atom stereocenters. The van der Waals surface area contributed by atoms with Gasteiger partial charge in [0.15, 0.2) is 0 Å². The summed E-state index contributed by atoms with van der Waals surface area (Å²) in [4.78, 5) is 12.7. The Balaban J connectivity index is 1.73. The van der Waals surface area contributed by atoms with E-state index in [0.29, 0.717) is 17.9 Å². The number of hydrogen-bond donors (Lipinski definition) is 1. The van der Waals surface area contributed by atoms with Crippen LogP contribution in [0, 0.1) is 0 Å². The molecule has 2 aromatic carbocycles. The summed E-state index contributed by atoms with van der Waals surface area (Å²) in [6.45, 7) is 0.666. The minimum atomic E-state index is -0.909. The second-order valence-electron chi connectivity index (χ2n) is 7.31. The van der Waals surface area contributed by atoms with Crippen LogP contribution in [-0.2, 0) is 22.0 Å². The van der Waals surface area contributed by atoms with Crippen molar-refractivity contribution in [2.24, 2.45) is 0 Å². The van der Waals surface area contributed by atoms with Gasteiger partial charge in [0, 0.05) is 40.3 Å². The Labute approximate surface area is 158 Å². The lowest BCUT2D eigenvalue weighted by Crippen LogP contribution is -2.42. The van der Waals surface area contributed by atoms with Gasteiger partial charge in [-0.2, -0.15) is 0 Å². The van der Waals surface area contributed by atoms with Gasteiger partial charge in [0.2, 0.25) is 0 Å². The summed E-state index contributed by atoms with van der Waals surface area (Å²) < 4.78 is 11.4. The van der Waals surface area contributed by atoms with Crippen molar-refractivity contribution in [3.8, 4) is 0 Å². The Morgan fingerprint density at radius 1 is 1.04 bits per heavy atom. The van der Waals surface area contributed by atoms with Crippen LogP contribution in [0.4, 0.5) is 0 Å². The predicted octanol–water partition coefficient (Wildman–Crippen LogP) is 4.20. The van der Waals surface area contributed by atoms with Crippen molar-refractivity contribution in [2.45, 2.75) is 43.3 Å². The quantitative estimate of drug-likeness (QED) is 0.829. The summed E-state index contributed by atoms with van der Waals surface area (Å²) in [6, 6.07) is 18.1. The fourth-order valence-electron chi connectivity index (χ4n) is 3.98. The number of nitrogens with one attached hydrogen (secondary N) is 1. The van der Waals surface area contributed by atoms with E-state index in [1.807, 2.05) is 30.3 Å². The number of amides is 1. The van der Waals surface area contributed by atoms with Gasteiger partial charge in [-0.05, 0) is 36.1 Å². The molecule has 0 spiro atoms. The van der Waals surface area contributed by atoms with Crippen LogP contribution < -0.4 is 5.32 Å². The SMILES string of the molecule is CS(=O)Cc1cccc(C(=O)NCC2(c3ccccc3)CCCCC2)c1. The lowest BCUT2D eigenvalue weighted by atomic mass is 9.69. The highest BCUT2D eigenvalue weighted by Crippen LogP contribution is 2.38. The third kappa shape index (κ3) is 4.61. The average molecular weight is 370 g/mol. The Morgan fingerprint density at radius 3 is 2.46 bits per heavy atom. The zero-order chi connectivity index (χ0) is 18.4. The zero-order valence-corrected chi connectivity index (χ0v) is 16.2. The third-order valence-electron chi connectivity index (χ3n) is 5.34. The Bertz CT molecular complexity index is 767. The van der Waals surface area contributed by atoms with Gasteiger partial charge in [-0.15, -0.1) is 0 Å². The molecule has 0 saturated heterocycles. The molecular weight excluding hydrogens is 342 g/mol. The number of carbonyl (C=O) groups excluding carboxylic acids is 1. The molecule has 2 aromatic rings. The molecule has 1 fully saturated rings. The summed E-state index contributed by atoms with van der Waals surface area (Å²) >= 11 is 0. The first-order valence-electron chi connectivity index (χ1n) is 9.32. The Kier molecular flexibility index (Phi) is 6.25. The molecule has 0 aliphatic heterocycles. The van der Waals surface area contributed by atoms with Crippen LogP contribution in [0.15, 0.2) is 54.6 Å². The lowest BCUT2D eigenvalue weighted by Gasteiger charge is -2.38. The van der Waals surface area contributed by atoms with Crippen molar-refractivity contribution in [2.75, 3.05) is 12.8 Å². The van der Waals surface area contributed by atoms with E-state index in [1.54, 1.807) is 6.26 Å². The van der Waals surface area contributed by atoms with Crippen LogP contribution in [-0.4, -0.2) is 22.9 Å². The van der Waals surface area contributed by atoms with E-state index in [-0.39, 0.29) is 11.3 Å². The molecule has 0 heterocycles. The van der Waals surface area contributed by atoms with E-state index in [4.69, 9.17) is 0 Å². The van der Waals surface area contributed by atoms with Crippen LogP contribution in [0.5, 0.6) is 0 Å². The third-order valence-corrected chi connectivity index (χ3v) is 6.08. The largest absolute Gasteiger partial charge is 0.351 e. The average Bonchev–Trinajstić information content (AvgIpc) is 2.67. The minimum Gasteiger partial charge on any atom is -0.351 e. The maximum atomic E-state index is 12.7. The highest BCUT2D eigenvalue weighted by molar-refractivity contribution is 7.83. The van der Waals surface area contributed by atoms with Crippen LogP contribution in [0.1, 0.15) is 53.6 Å². The molecule has 1 atom stereocenters. The second kappa shape index (κ2) is 8.63. The van der Waals surface area contributed by atoms with Gasteiger partial charge in [0.1, 0.15) is 0 Å². The molecule has 138 valence electrons. The van der Waals surface area contributed by atoms with Gasteiger partial charge in [-0.3, -0.25) is 9.00 Å². The highest BCUT2D eigenvalue weighted by atomic mass is 32.2. The molecule has 4 heteroatoms. The molecule has 0 bridgehead atoms. The fourth-order valence-corrected chi connectivity index (χ4v) is 4.63. The summed E-state index contributed by atoms with van der Waals surface area (Å²) in [6.07, 6.45) is 7.61. The molecule has 1 aliphatic carbocycles. The maximum Gasteiger partial charge on any atom is 0.251 e. The van der Waals surface area contributed by atoms with Gasteiger partial charge < -0.3 is 5.32 Å². The monoisotopic (exact) mass is 369 g/mol. The first-order valence-corrected chi connectivity index (χ1v) is 11.0. The molecule has 1 saturated carbocycles. The van der Waals surface area contributed by atoms with Gasteiger partial charge in [-0.1, -0.05) is 61.7 Å². The summed E-state index contributed by atoms with van der Waals surface area (Å²) in [5.74, 6) is 0.435. The van der Waals surface area contributed by atoms with Crippen molar-refractivity contribution < 1.29 is 9.00 Å². The first kappa shape index (κ1) is 18.8. The van der Waals surface area contributed by atoms with Crippen LogP contribution in [0.2, 0.25) is 0 Å². The van der Waals surface area contributed by atoms with Crippen LogP contribution in [0.25, 0.3) is 0 Å². The second-order valence-corrected chi connectivity index (χ2v) is 8.74. The van der Waals surface area contributed by atoms with Crippen molar-refractivity contribution in [1.82, 2.24) is 5.32 Å². The lowest BCUT2D eigenvalue weighted by molar-refractivity contribution is 0.0936.